The molecule has 1 aliphatic heterocycles. The number of allylic oxidation sites excluding steroid dienone is 1. The van der Waals surface area contributed by atoms with Crippen LogP contribution in [0.25, 0.3) is 6.08 Å². The molecule has 6 heteroatoms. The fraction of sp³-hybridized carbons (Fsp3) is 0.261. The predicted octanol–water partition coefficient (Wildman–Crippen LogP) is 4.35. The summed E-state index contributed by atoms with van der Waals surface area (Å²) in [4.78, 5) is 36.4. The first-order valence-corrected chi connectivity index (χ1v) is 9.10. The Morgan fingerprint density at radius 2 is 1.69 bits per heavy atom. The Hall–Kier alpha value is -3.41. The van der Waals surface area contributed by atoms with Gasteiger partial charge in [-0.1, -0.05) is 12.1 Å². The van der Waals surface area contributed by atoms with Crippen LogP contribution in [-0.4, -0.2) is 24.8 Å². The molecule has 0 bridgehead atoms. The van der Waals surface area contributed by atoms with Crippen molar-refractivity contribution in [2.45, 2.75) is 27.7 Å². The minimum atomic E-state index is -0.649. The van der Waals surface area contributed by atoms with E-state index in [1.807, 2.05) is 0 Å². The quantitative estimate of drug-likeness (QED) is 0.437. The number of Topliss-reactive ketones (excluding diaryl/α,β-unsaturated/α-hetero) is 1. The second-order valence-electron chi connectivity index (χ2n) is 7.76. The zero-order chi connectivity index (χ0) is 21.3. The number of carbonyl (C=O) groups is 3. The lowest BCUT2D eigenvalue weighted by atomic mass is 9.97. The molecule has 0 N–H and O–H groups in total. The zero-order valence-corrected chi connectivity index (χ0v) is 17.0. The van der Waals surface area contributed by atoms with Gasteiger partial charge in [0.15, 0.2) is 5.76 Å². The van der Waals surface area contributed by atoms with Gasteiger partial charge in [-0.05, 0) is 63.6 Å². The van der Waals surface area contributed by atoms with Gasteiger partial charge in [0.05, 0.1) is 23.7 Å². The Morgan fingerprint density at radius 3 is 2.28 bits per heavy atom. The van der Waals surface area contributed by atoms with E-state index in [1.54, 1.807) is 70.2 Å². The van der Waals surface area contributed by atoms with Crippen LogP contribution in [0.3, 0.4) is 0 Å². The second kappa shape index (κ2) is 7.54. The Labute approximate surface area is 169 Å². The molecule has 0 aromatic heterocycles. The Kier molecular flexibility index (Phi) is 5.29. The van der Waals surface area contributed by atoms with Crippen LogP contribution < -0.4 is 9.47 Å². The topological polar surface area (TPSA) is 78.9 Å². The van der Waals surface area contributed by atoms with E-state index in [1.165, 1.54) is 7.11 Å². The molecule has 0 fully saturated rings. The molecule has 1 aliphatic rings. The van der Waals surface area contributed by atoms with Crippen molar-refractivity contribution in [1.29, 1.82) is 0 Å². The second-order valence-corrected chi connectivity index (χ2v) is 7.76. The number of benzene rings is 2. The van der Waals surface area contributed by atoms with E-state index < -0.39 is 11.4 Å². The molecule has 1 heterocycles. The fourth-order valence-corrected chi connectivity index (χ4v) is 2.72. The summed E-state index contributed by atoms with van der Waals surface area (Å²) in [5.41, 5.74) is 1.46. The van der Waals surface area contributed by atoms with E-state index >= 15 is 0 Å². The maximum Gasteiger partial charge on any atom is 0.337 e. The van der Waals surface area contributed by atoms with Crippen LogP contribution in [0.1, 0.15) is 52.6 Å². The van der Waals surface area contributed by atoms with Crippen molar-refractivity contribution in [1.82, 2.24) is 0 Å². The number of ketones is 1. The van der Waals surface area contributed by atoms with E-state index in [0.29, 0.717) is 33.8 Å². The van der Waals surface area contributed by atoms with Crippen molar-refractivity contribution in [2.24, 2.45) is 5.41 Å². The van der Waals surface area contributed by atoms with Crippen LogP contribution in [-0.2, 0) is 9.53 Å². The van der Waals surface area contributed by atoms with Crippen LogP contribution in [0.2, 0.25) is 0 Å². The number of fused-ring (bicyclic) bond motifs is 1. The standard InChI is InChI=1S/C23H22O6/c1-13-17(29-22(26)23(2,3)4)11-10-16-19(24)18(28-20(13)16)12-14-6-8-15(9-7-14)21(25)27-5/h6-12H,1-5H3/b18-12-. The first-order chi connectivity index (χ1) is 13.6. The largest absolute Gasteiger partial charge is 0.465 e. The Morgan fingerprint density at radius 1 is 1.03 bits per heavy atom. The van der Waals surface area contributed by atoms with Gasteiger partial charge in [0.2, 0.25) is 5.78 Å². The van der Waals surface area contributed by atoms with Crippen molar-refractivity contribution >= 4 is 23.8 Å². The van der Waals surface area contributed by atoms with Crippen molar-refractivity contribution in [3.8, 4) is 11.5 Å². The van der Waals surface area contributed by atoms with Crippen molar-refractivity contribution in [2.75, 3.05) is 7.11 Å². The summed E-state index contributed by atoms with van der Waals surface area (Å²) < 4.78 is 15.9. The van der Waals surface area contributed by atoms with Crippen molar-refractivity contribution < 1.29 is 28.6 Å². The summed E-state index contributed by atoms with van der Waals surface area (Å²) in [7, 11) is 1.32. The van der Waals surface area contributed by atoms with Gasteiger partial charge in [-0.25, -0.2) is 4.79 Å². The van der Waals surface area contributed by atoms with Crippen LogP contribution >= 0.6 is 0 Å². The predicted molar refractivity (Wildman–Crippen MR) is 107 cm³/mol. The van der Waals surface area contributed by atoms with Crippen LogP contribution in [0.4, 0.5) is 0 Å². The highest BCUT2D eigenvalue weighted by molar-refractivity contribution is 6.15. The molecule has 0 amide bonds. The van der Waals surface area contributed by atoms with E-state index in [4.69, 9.17) is 9.47 Å². The summed E-state index contributed by atoms with van der Waals surface area (Å²) in [6, 6.07) is 9.81. The van der Waals surface area contributed by atoms with Gasteiger partial charge in [0.1, 0.15) is 11.5 Å². The van der Waals surface area contributed by atoms with E-state index in [-0.39, 0.29) is 17.5 Å². The molecule has 0 unspecified atom stereocenters. The average molecular weight is 394 g/mol. The summed E-state index contributed by atoms with van der Waals surface area (Å²) in [6.07, 6.45) is 1.60. The molecule has 0 aliphatic carbocycles. The first kappa shape index (κ1) is 20.3. The third-order valence-electron chi connectivity index (χ3n) is 4.48. The van der Waals surface area contributed by atoms with Gasteiger partial charge < -0.3 is 14.2 Å². The average Bonchev–Trinajstić information content (AvgIpc) is 2.99. The maximum absolute atomic E-state index is 12.7. The molecule has 2 aromatic rings. The molecule has 0 radical (unpaired) electrons. The van der Waals surface area contributed by atoms with Crippen molar-refractivity contribution in [3.05, 3.63) is 64.4 Å². The van der Waals surface area contributed by atoms with E-state index in [0.717, 1.165) is 0 Å². The number of ether oxygens (including phenoxy) is 3. The maximum atomic E-state index is 12.7. The summed E-state index contributed by atoms with van der Waals surface area (Å²) >= 11 is 0. The van der Waals surface area contributed by atoms with E-state index in [2.05, 4.69) is 4.74 Å². The van der Waals surface area contributed by atoms with Gasteiger partial charge in [-0.3, -0.25) is 9.59 Å². The Bertz CT molecular complexity index is 1020. The zero-order valence-electron chi connectivity index (χ0n) is 17.0. The Balaban J connectivity index is 1.87. The molecule has 3 rings (SSSR count). The minimum absolute atomic E-state index is 0.160. The van der Waals surface area contributed by atoms with Gasteiger partial charge in [-0.15, -0.1) is 0 Å². The number of esters is 2. The van der Waals surface area contributed by atoms with E-state index in [9.17, 15) is 14.4 Å². The minimum Gasteiger partial charge on any atom is -0.465 e. The molecule has 0 spiro atoms. The molecule has 2 aromatic carbocycles. The first-order valence-electron chi connectivity index (χ1n) is 9.10. The fourth-order valence-electron chi connectivity index (χ4n) is 2.72. The number of hydrogen-bond acceptors (Lipinski definition) is 6. The third kappa shape index (κ3) is 4.06. The van der Waals surface area contributed by atoms with Gasteiger partial charge >= 0.3 is 11.9 Å². The highest BCUT2D eigenvalue weighted by Gasteiger charge is 2.31. The number of hydrogen-bond donors (Lipinski definition) is 0. The lowest BCUT2D eigenvalue weighted by Crippen LogP contribution is -2.25. The lowest BCUT2D eigenvalue weighted by Gasteiger charge is -2.17. The summed E-state index contributed by atoms with van der Waals surface area (Å²) in [6.45, 7) is 7.05. The number of methoxy groups -OCH3 is 1. The number of carbonyl (C=O) groups excluding carboxylic acids is 3. The van der Waals surface area contributed by atoms with Crippen LogP contribution in [0.5, 0.6) is 11.5 Å². The monoisotopic (exact) mass is 394 g/mol. The third-order valence-corrected chi connectivity index (χ3v) is 4.48. The summed E-state index contributed by atoms with van der Waals surface area (Å²) in [5, 5.41) is 0. The molecule has 6 nitrogen and oxygen atoms in total. The van der Waals surface area contributed by atoms with Gasteiger partial charge in [0.25, 0.3) is 0 Å². The molecule has 150 valence electrons. The molecule has 0 atom stereocenters. The molecule has 0 saturated heterocycles. The molecular formula is C23H22O6. The number of rotatable bonds is 3. The SMILES string of the molecule is COC(=O)c1ccc(/C=C2\Oc3c(ccc(OC(=O)C(C)(C)C)c3C)C2=O)cc1. The molecule has 29 heavy (non-hydrogen) atoms. The highest BCUT2D eigenvalue weighted by Crippen LogP contribution is 2.39. The summed E-state index contributed by atoms with van der Waals surface area (Å²) in [5.74, 6) is -0.155. The van der Waals surface area contributed by atoms with Crippen LogP contribution in [0.15, 0.2) is 42.2 Å². The van der Waals surface area contributed by atoms with Gasteiger partial charge in [-0.2, -0.15) is 0 Å². The normalized spacial score (nSPS) is 14.4. The van der Waals surface area contributed by atoms with Gasteiger partial charge in [0, 0.05) is 5.56 Å². The smallest absolute Gasteiger partial charge is 0.337 e. The highest BCUT2D eigenvalue weighted by atomic mass is 16.5. The van der Waals surface area contributed by atoms with Crippen LogP contribution in [0, 0.1) is 12.3 Å². The lowest BCUT2D eigenvalue weighted by molar-refractivity contribution is -0.143. The molecular weight excluding hydrogens is 372 g/mol. The molecule has 0 saturated carbocycles. The van der Waals surface area contributed by atoms with Crippen molar-refractivity contribution in [3.63, 3.8) is 0 Å².